The summed E-state index contributed by atoms with van der Waals surface area (Å²) in [6.45, 7) is 0.585. The third-order valence-electron chi connectivity index (χ3n) is 3.59. The lowest BCUT2D eigenvalue weighted by molar-refractivity contribution is -0.122. The van der Waals surface area contributed by atoms with E-state index in [1.165, 1.54) is 0 Å². The Bertz CT molecular complexity index is 408. The van der Waals surface area contributed by atoms with Crippen molar-refractivity contribution in [2.24, 2.45) is 12.8 Å². The Labute approximate surface area is 107 Å². The Hall–Kier alpha value is -1.43. The van der Waals surface area contributed by atoms with Gasteiger partial charge in [0.05, 0.1) is 0 Å². The van der Waals surface area contributed by atoms with Crippen molar-refractivity contribution in [3.05, 3.63) is 12.2 Å². The molecule has 18 heavy (non-hydrogen) atoms. The second kappa shape index (κ2) is 5.48. The first kappa shape index (κ1) is 13.0. The van der Waals surface area contributed by atoms with Crippen LogP contribution in [0.3, 0.4) is 0 Å². The number of amides is 1. The number of rotatable bonds is 5. The highest BCUT2D eigenvalue weighted by molar-refractivity contribution is 5.77. The van der Waals surface area contributed by atoms with Crippen LogP contribution in [-0.2, 0) is 18.3 Å². The Kier molecular flexibility index (Phi) is 3.96. The van der Waals surface area contributed by atoms with Gasteiger partial charge in [-0.05, 0) is 12.8 Å². The topological polar surface area (TPSA) is 85.8 Å². The van der Waals surface area contributed by atoms with Crippen molar-refractivity contribution < 1.29 is 4.79 Å². The molecule has 1 aromatic heterocycles. The van der Waals surface area contributed by atoms with E-state index in [0.29, 0.717) is 19.4 Å². The summed E-state index contributed by atoms with van der Waals surface area (Å²) in [7, 11) is 1.89. The second-order valence-electron chi connectivity index (χ2n) is 5.20. The smallest absolute Gasteiger partial charge is 0.221 e. The Morgan fingerprint density at radius 3 is 2.89 bits per heavy atom. The molecule has 1 heterocycles. The largest absolute Gasteiger partial charge is 0.356 e. The second-order valence-corrected chi connectivity index (χ2v) is 5.20. The number of hydrogen-bond acceptors (Lipinski definition) is 4. The maximum Gasteiger partial charge on any atom is 0.221 e. The fourth-order valence-corrected chi connectivity index (χ4v) is 2.49. The molecule has 100 valence electrons. The van der Waals surface area contributed by atoms with Crippen molar-refractivity contribution in [3.8, 4) is 0 Å². The summed E-state index contributed by atoms with van der Waals surface area (Å²) in [6.07, 6.45) is 7.00. The fraction of sp³-hybridized carbons (Fsp3) is 0.750. The van der Waals surface area contributed by atoms with Crippen LogP contribution in [0.15, 0.2) is 6.33 Å². The van der Waals surface area contributed by atoms with Gasteiger partial charge < -0.3 is 15.6 Å². The molecule has 1 saturated carbocycles. The normalized spacial score (nSPS) is 17.9. The molecule has 0 atom stereocenters. The summed E-state index contributed by atoms with van der Waals surface area (Å²) in [4.78, 5) is 11.8. The molecule has 1 fully saturated rings. The standard InChI is InChI=1S/C12H21N5O/c1-17-9-15-16-10(17)4-7-14-11(18)8-12(13)5-2-3-6-12/h9H,2-8,13H2,1H3,(H,14,18). The van der Waals surface area contributed by atoms with Crippen LogP contribution in [0.5, 0.6) is 0 Å². The lowest BCUT2D eigenvalue weighted by atomic mass is 9.94. The first-order valence-corrected chi connectivity index (χ1v) is 6.47. The van der Waals surface area contributed by atoms with Crippen LogP contribution in [0.1, 0.15) is 37.9 Å². The average Bonchev–Trinajstić information content (AvgIpc) is 2.89. The fourth-order valence-electron chi connectivity index (χ4n) is 2.49. The van der Waals surface area contributed by atoms with Gasteiger partial charge in [0.2, 0.25) is 5.91 Å². The molecule has 0 aromatic carbocycles. The predicted molar refractivity (Wildman–Crippen MR) is 67.7 cm³/mol. The van der Waals surface area contributed by atoms with Gasteiger partial charge in [-0.1, -0.05) is 12.8 Å². The van der Waals surface area contributed by atoms with Gasteiger partial charge in [-0.15, -0.1) is 10.2 Å². The summed E-state index contributed by atoms with van der Waals surface area (Å²) in [5.74, 6) is 0.917. The van der Waals surface area contributed by atoms with Gasteiger partial charge in [-0.3, -0.25) is 4.79 Å². The van der Waals surface area contributed by atoms with Crippen LogP contribution in [-0.4, -0.2) is 32.8 Å². The molecular formula is C12H21N5O. The summed E-state index contributed by atoms with van der Waals surface area (Å²) >= 11 is 0. The van der Waals surface area contributed by atoms with Crippen molar-refractivity contribution in [2.75, 3.05) is 6.54 Å². The molecule has 1 amide bonds. The number of nitrogens with zero attached hydrogens (tertiary/aromatic N) is 3. The number of hydrogen-bond donors (Lipinski definition) is 2. The molecule has 0 bridgehead atoms. The minimum Gasteiger partial charge on any atom is -0.356 e. The molecule has 3 N–H and O–H groups in total. The van der Waals surface area contributed by atoms with E-state index in [2.05, 4.69) is 15.5 Å². The molecule has 0 radical (unpaired) electrons. The van der Waals surface area contributed by atoms with Crippen LogP contribution < -0.4 is 11.1 Å². The van der Waals surface area contributed by atoms with E-state index in [-0.39, 0.29) is 11.4 Å². The van der Waals surface area contributed by atoms with Gasteiger partial charge in [-0.2, -0.15) is 0 Å². The number of nitrogens with one attached hydrogen (secondary N) is 1. The van der Waals surface area contributed by atoms with Crippen molar-refractivity contribution in [1.29, 1.82) is 0 Å². The SMILES string of the molecule is Cn1cnnc1CCNC(=O)CC1(N)CCCC1. The van der Waals surface area contributed by atoms with Crippen LogP contribution >= 0.6 is 0 Å². The summed E-state index contributed by atoms with van der Waals surface area (Å²) in [5.41, 5.74) is 5.89. The van der Waals surface area contributed by atoms with Crippen LogP contribution in [0.2, 0.25) is 0 Å². The van der Waals surface area contributed by atoms with Gasteiger partial charge in [0.15, 0.2) is 0 Å². The van der Waals surface area contributed by atoms with E-state index >= 15 is 0 Å². The molecule has 1 aliphatic rings. The summed E-state index contributed by atoms with van der Waals surface area (Å²) in [5, 5.41) is 10.7. The molecule has 1 aromatic rings. The van der Waals surface area contributed by atoms with Gasteiger partial charge in [0, 0.05) is 32.0 Å². The first-order chi connectivity index (χ1) is 8.59. The highest BCUT2D eigenvalue weighted by atomic mass is 16.1. The maximum atomic E-state index is 11.8. The van der Waals surface area contributed by atoms with Gasteiger partial charge in [-0.25, -0.2) is 0 Å². The summed E-state index contributed by atoms with van der Waals surface area (Å²) < 4.78 is 1.85. The average molecular weight is 251 g/mol. The van der Waals surface area contributed by atoms with E-state index in [9.17, 15) is 4.79 Å². The third kappa shape index (κ3) is 3.29. The van der Waals surface area contributed by atoms with Crippen LogP contribution in [0.4, 0.5) is 0 Å². The van der Waals surface area contributed by atoms with Gasteiger partial charge in [0.1, 0.15) is 12.2 Å². The third-order valence-corrected chi connectivity index (χ3v) is 3.59. The lowest BCUT2D eigenvalue weighted by Gasteiger charge is -2.22. The number of carbonyl (C=O) groups excluding carboxylic acids is 1. The minimum atomic E-state index is -0.269. The zero-order chi connectivity index (χ0) is 13.0. The number of carbonyl (C=O) groups is 1. The van der Waals surface area contributed by atoms with Crippen molar-refractivity contribution >= 4 is 5.91 Å². The van der Waals surface area contributed by atoms with Gasteiger partial charge >= 0.3 is 0 Å². The lowest BCUT2D eigenvalue weighted by Crippen LogP contribution is -2.42. The Morgan fingerprint density at radius 1 is 1.56 bits per heavy atom. The quantitative estimate of drug-likeness (QED) is 0.779. The number of aromatic nitrogens is 3. The Morgan fingerprint density at radius 2 is 2.28 bits per heavy atom. The van der Waals surface area contributed by atoms with Crippen molar-refractivity contribution in [3.63, 3.8) is 0 Å². The molecule has 6 heteroatoms. The van der Waals surface area contributed by atoms with E-state index in [1.807, 2.05) is 11.6 Å². The minimum absolute atomic E-state index is 0.0431. The molecule has 2 rings (SSSR count). The monoisotopic (exact) mass is 251 g/mol. The Balaban J connectivity index is 1.70. The molecule has 0 spiro atoms. The molecule has 6 nitrogen and oxygen atoms in total. The maximum absolute atomic E-state index is 11.8. The zero-order valence-corrected chi connectivity index (χ0v) is 10.9. The molecular weight excluding hydrogens is 230 g/mol. The van der Waals surface area contributed by atoms with E-state index < -0.39 is 0 Å². The number of aryl methyl sites for hydroxylation is 1. The number of nitrogens with two attached hydrogens (primary N) is 1. The molecule has 0 aliphatic heterocycles. The zero-order valence-electron chi connectivity index (χ0n) is 10.9. The van der Waals surface area contributed by atoms with Gasteiger partial charge in [0.25, 0.3) is 0 Å². The van der Waals surface area contributed by atoms with Crippen molar-refractivity contribution in [1.82, 2.24) is 20.1 Å². The van der Waals surface area contributed by atoms with Crippen LogP contribution in [0, 0.1) is 0 Å². The van der Waals surface area contributed by atoms with Crippen molar-refractivity contribution in [2.45, 2.75) is 44.1 Å². The summed E-state index contributed by atoms with van der Waals surface area (Å²) in [6, 6.07) is 0. The molecule has 1 aliphatic carbocycles. The van der Waals surface area contributed by atoms with E-state index in [1.54, 1.807) is 6.33 Å². The van der Waals surface area contributed by atoms with E-state index in [4.69, 9.17) is 5.73 Å². The highest BCUT2D eigenvalue weighted by Gasteiger charge is 2.31. The molecule has 0 unspecified atom stereocenters. The van der Waals surface area contributed by atoms with Crippen LogP contribution in [0.25, 0.3) is 0 Å². The first-order valence-electron chi connectivity index (χ1n) is 6.47. The van der Waals surface area contributed by atoms with E-state index in [0.717, 1.165) is 31.5 Å². The highest BCUT2D eigenvalue weighted by Crippen LogP contribution is 2.29. The predicted octanol–water partition coefficient (Wildman–Crippen LogP) is 0.135. The molecule has 0 saturated heterocycles.